The van der Waals surface area contributed by atoms with E-state index in [4.69, 9.17) is 5.11 Å². The molecule has 0 aromatic rings. The summed E-state index contributed by atoms with van der Waals surface area (Å²) in [4.78, 5) is 0. The maximum atomic E-state index is 9.75. The van der Waals surface area contributed by atoms with Crippen molar-refractivity contribution < 1.29 is 15.3 Å². The largest absolute Gasteiger partial charge is 0.390 e. The average Bonchev–Trinajstić information content (AvgIpc) is 2.45. The van der Waals surface area contributed by atoms with Crippen LogP contribution in [0.25, 0.3) is 0 Å². The smallest absolute Gasteiger partial charge is 0.134 e. The maximum absolute atomic E-state index is 9.75. The lowest BCUT2D eigenvalue weighted by molar-refractivity contribution is 0.0165. The fraction of sp³-hybridized carbons (Fsp3) is 0.647. The summed E-state index contributed by atoms with van der Waals surface area (Å²) in [5.41, 5.74) is 0. The zero-order chi connectivity index (χ0) is 15.2. The first-order valence-electron chi connectivity index (χ1n) is 7.27. The first-order valence-corrected chi connectivity index (χ1v) is 7.27. The van der Waals surface area contributed by atoms with Gasteiger partial charge in [-0.25, -0.2) is 0 Å². The second-order valence-electron chi connectivity index (χ2n) is 4.79. The summed E-state index contributed by atoms with van der Waals surface area (Å²) in [6.07, 6.45) is 5.29. The van der Waals surface area contributed by atoms with E-state index in [1.54, 1.807) is 0 Å². The molecule has 20 heavy (non-hydrogen) atoms. The monoisotopic (exact) mass is 278 g/mol. The predicted molar refractivity (Wildman–Crippen MR) is 81.8 cm³/mol. The molecule has 0 fully saturated rings. The van der Waals surface area contributed by atoms with E-state index in [0.29, 0.717) is 6.42 Å². The van der Waals surface area contributed by atoms with Crippen molar-refractivity contribution in [1.29, 1.82) is 0 Å². The second kappa shape index (κ2) is 12.8. The Balaban J connectivity index is 3.84. The zero-order valence-electron chi connectivity index (χ0n) is 12.3. The molecule has 3 N–H and O–H groups in total. The van der Waals surface area contributed by atoms with Crippen LogP contribution in [0.5, 0.6) is 0 Å². The molecule has 0 saturated carbocycles. The standard InChI is InChI=1S/C17H26O3/c1-3-5-6-7-10-13-16(19)17(20)14-11-8-9-12-15(18)4-2/h4,15-20H,2-3,5-7,10,13-14H2,1H3/t15-,16-,17-/m1/s1. The molecule has 3 heteroatoms. The molecule has 0 spiro atoms. The van der Waals surface area contributed by atoms with Crippen LogP contribution in [0.1, 0.15) is 51.9 Å². The number of hydrogen-bond acceptors (Lipinski definition) is 3. The van der Waals surface area contributed by atoms with E-state index < -0.39 is 18.3 Å². The Morgan fingerprint density at radius 3 is 2.35 bits per heavy atom. The molecule has 0 aliphatic heterocycles. The van der Waals surface area contributed by atoms with E-state index >= 15 is 0 Å². The Morgan fingerprint density at radius 1 is 1.00 bits per heavy atom. The average molecular weight is 278 g/mol. The van der Waals surface area contributed by atoms with Crippen LogP contribution in [0.3, 0.4) is 0 Å². The molecule has 0 aliphatic carbocycles. The molecule has 0 saturated heterocycles. The van der Waals surface area contributed by atoms with Gasteiger partial charge in [0.05, 0.1) is 12.2 Å². The van der Waals surface area contributed by atoms with E-state index in [0.717, 1.165) is 12.8 Å². The first kappa shape index (κ1) is 18.7. The molecule has 0 aromatic heterocycles. The van der Waals surface area contributed by atoms with Crippen LogP contribution in [-0.2, 0) is 0 Å². The van der Waals surface area contributed by atoms with Crippen LogP contribution >= 0.6 is 0 Å². The van der Waals surface area contributed by atoms with E-state index in [1.807, 2.05) is 0 Å². The lowest BCUT2D eigenvalue weighted by Crippen LogP contribution is -2.25. The minimum Gasteiger partial charge on any atom is -0.390 e. The molecular weight excluding hydrogens is 252 g/mol. The van der Waals surface area contributed by atoms with Gasteiger partial charge in [-0.3, -0.25) is 0 Å². The Hall–Kier alpha value is -1.26. The lowest BCUT2D eigenvalue weighted by Gasteiger charge is -2.15. The fourth-order valence-electron chi connectivity index (χ4n) is 1.65. The summed E-state index contributed by atoms with van der Waals surface area (Å²) >= 11 is 0. The maximum Gasteiger partial charge on any atom is 0.134 e. The molecule has 0 aromatic carbocycles. The van der Waals surface area contributed by atoms with Crippen molar-refractivity contribution >= 4 is 0 Å². The van der Waals surface area contributed by atoms with Crippen molar-refractivity contribution in [2.45, 2.75) is 70.2 Å². The minimum atomic E-state index is -0.872. The summed E-state index contributed by atoms with van der Waals surface area (Å²) in [6, 6.07) is 0. The lowest BCUT2D eigenvalue weighted by atomic mass is 10.0. The molecule has 0 aliphatic rings. The third kappa shape index (κ3) is 10.6. The molecule has 0 bridgehead atoms. The van der Waals surface area contributed by atoms with Crippen LogP contribution in [0.4, 0.5) is 0 Å². The minimum absolute atomic E-state index is 0.189. The fourth-order valence-corrected chi connectivity index (χ4v) is 1.65. The number of aliphatic hydroxyl groups excluding tert-OH is 3. The van der Waals surface area contributed by atoms with Crippen molar-refractivity contribution in [3.05, 3.63) is 12.7 Å². The van der Waals surface area contributed by atoms with Crippen LogP contribution in [0.15, 0.2) is 12.7 Å². The summed E-state index contributed by atoms with van der Waals surface area (Å²) in [5, 5.41) is 28.5. The zero-order valence-corrected chi connectivity index (χ0v) is 12.3. The quantitative estimate of drug-likeness (QED) is 0.343. The van der Waals surface area contributed by atoms with Crippen molar-refractivity contribution in [3.8, 4) is 23.7 Å². The Labute approximate surface area is 122 Å². The molecule has 0 radical (unpaired) electrons. The van der Waals surface area contributed by atoms with Crippen molar-refractivity contribution in [2.24, 2.45) is 0 Å². The Kier molecular flexibility index (Phi) is 12.0. The highest BCUT2D eigenvalue weighted by Crippen LogP contribution is 2.10. The normalized spacial score (nSPS) is 14.2. The van der Waals surface area contributed by atoms with Crippen molar-refractivity contribution in [3.63, 3.8) is 0 Å². The van der Waals surface area contributed by atoms with Crippen LogP contribution in [0, 0.1) is 23.7 Å². The first-order chi connectivity index (χ1) is 9.61. The van der Waals surface area contributed by atoms with Gasteiger partial charge in [-0.1, -0.05) is 63.5 Å². The van der Waals surface area contributed by atoms with Crippen molar-refractivity contribution in [1.82, 2.24) is 0 Å². The SMILES string of the molecule is C=C[C@@H](O)C#CC#CC[C@@H](O)[C@H](O)CCCCCCC. The van der Waals surface area contributed by atoms with E-state index in [2.05, 4.69) is 37.2 Å². The molecule has 0 rings (SSSR count). The van der Waals surface area contributed by atoms with Gasteiger partial charge in [0.2, 0.25) is 0 Å². The highest BCUT2D eigenvalue weighted by molar-refractivity contribution is 5.28. The number of hydrogen-bond donors (Lipinski definition) is 3. The predicted octanol–water partition coefficient (Wildman–Crippen LogP) is 2.01. The van der Waals surface area contributed by atoms with Crippen LogP contribution in [0.2, 0.25) is 0 Å². The van der Waals surface area contributed by atoms with Crippen LogP contribution in [-0.4, -0.2) is 33.6 Å². The van der Waals surface area contributed by atoms with Gasteiger partial charge in [-0.15, -0.1) is 0 Å². The molecule has 0 unspecified atom stereocenters. The number of unbranched alkanes of at least 4 members (excludes halogenated alkanes) is 4. The Bertz CT molecular complexity index is 367. The molecule has 0 amide bonds. The number of aliphatic hydroxyl groups is 3. The van der Waals surface area contributed by atoms with E-state index in [9.17, 15) is 10.2 Å². The van der Waals surface area contributed by atoms with E-state index in [1.165, 1.54) is 25.3 Å². The highest BCUT2D eigenvalue weighted by Gasteiger charge is 2.14. The van der Waals surface area contributed by atoms with Gasteiger partial charge < -0.3 is 15.3 Å². The van der Waals surface area contributed by atoms with Gasteiger partial charge in [0.15, 0.2) is 0 Å². The molecular formula is C17H26O3. The molecule has 3 atom stereocenters. The highest BCUT2D eigenvalue weighted by atomic mass is 16.3. The topological polar surface area (TPSA) is 60.7 Å². The van der Waals surface area contributed by atoms with Crippen molar-refractivity contribution in [2.75, 3.05) is 0 Å². The van der Waals surface area contributed by atoms with E-state index in [-0.39, 0.29) is 6.42 Å². The summed E-state index contributed by atoms with van der Waals surface area (Å²) in [7, 11) is 0. The van der Waals surface area contributed by atoms with Gasteiger partial charge in [0, 0.05) is 6.42 Å². The van der Waals surface area contributed by atoms with Gasteiger partial charge >= 0.3 is 0 Å². The van der Waals surface area contributed by atoms with Gasteiger partial charge in [0.25, 0.3) is 0 Å². The second-order valence-corrected chi connectivity index (χ2v) is 4.79. The summed E-state index contributed by atoms with van der Waals surface area (Å²) < 4.78 is 0. The summed E-state index contributed by atoms with van der Waals surface area (Å²) in [5.74, 6) is 10.1. The molecule has 0 heterocycles. The molecule has 112 valence electrons. The van der Waals surface area contributed by atoms with Gasteiger partial charge in [0.1, 0.15) is 6.10 Å². The Morgan fingerprint density at radius 2 is 1.70 bits per heavy atom. The third-order valence-corrected chi connectivity index (χ3v) is 2.95. The van der Waals surface area contributed by atoms with Gasteiger partial charge in [-0.05, 0) is 18.3 Å². The summed E-state index contributed by atoms with van der Waals surface area (Å²) in [6.45, 7) is 5.55. The van der Waals surface area contributed by atoms with Crippen LogP contribution < -0.4 is 0 Å². The third-order valence-electron chi connectivity index (χ3n) is 2.95. The number of rotatable bonds is 9. The molecule has 3 nitrogen and oxygen atoms in total. The van der Waals surface area contributed by atoms with Gasteiger partial charge in [-0.2, -0.15) is 0 Å².